The van der Waals surface area contributed by atoms with Gasteiger partial charge < -0.3 is 30.6 Å². The summed E-state index contributed by atoms with van der Waals surface area (Å²) < 4.78 is 38.6. The van der Waals surface area contributed by atoms with Crippen LogP contribution in [0.4, 0.5) is 8.78 Å². The lowest BCUT2D eigenvalue weighted by Gasteiger charge is -2.25. The van der Waals surface area contributed by atoms with Gasteiger partial charge in [0.25, 0.3) is 5.91 Å². The van der Waals surface area contributed by atoms with E-state index in [9.17, 15) is 23.2 Å². The number of hydrogen-bond acceptors (Lipinski definition) is 8. The number of oxazole rings is 1. The van der Waals surface area contributed by atoms with Crippen molar-refractivity contribution in [3.63, 3.8) is 0 Å². The minimum absolute atomic E-state index is 0.0799. The third-order valence-electron chi connectivity index (χ3n) is 8.56. The number of carboxylic acid groups (broad SMARTS) is 1. The Hall–Kier alpha value is -5.72. The molecule has 0 saturated heterocycles. The highest BCUT2D eigenvalue weighted by Crippen LogP contribution is 2.20. The molecule has 5 rings (SSSR count). The van der Waals surface area contributed by atoms with Gasteiger partial charge in [0.1, 0.15) is 24.0 Å². The number of aryl methyl sites for hydroxylation is 2. The Balaban J connectivity index is 0.000000321. The summed E-state index contributed by atoms with van der Waals surface area (Å²) >= 11 is 0. The van der Waals surface area contributed by atoms with E-state index < -0.39 is 35.7 Å². The van der Waals surface area contributed by atoms with Gasteiger partial charge >= 0.3 is 11.9 Å². The molecule has 0 fully saturated rings. The fraction of sp³-hybridized carbons (Fsp3) is 0.286. The molecule has 0 spiro atoms. The van der Waals surface area contributed by atoms with Crippen LogP contribution in [0.25, 0.3) is 11.5 Å². The third-order valence-corrected chi connectivity index (χ3v) is 8.56. The molecular formula is C42H46F2N4O6. The van der Waals surface area contributed by atoms with Gasteiger partial charge in [-0.2, -0.15) is 0 Å². The monoisotopic (exact) mass is 740 g/mol. The summed E-state index contributed by atoms with van der Waals surface area (Å²) in [6.45, 7) is 8.54. The average Bonchev–Trinajstić information content (AvgIpc) is 3.69. The lowest BCUT2D eigenvalue weighted by Crippen LogP contribution is -2.46. The van der Waals surface area contributed by atoms with Crippen molar-refractivity contribution in [3.05, 3.63) is 148 Å². The number of carbonyl (C=O) groups is 3. The molecule has 0 aliphatic carbocycles. The lowest BCUT2D eigenvalue weighted by molar-refractivity contribution is 0.0238. The minimum atomic E-state index is -1.02. The van der Waals surface area contributed by atoms with Gasteiger partial charge in [-0.05, 0) is 104 Å². The van der Waals surface area contributed by atoms with Crippen molar-refractivity contribution in [1.82, 2.24) is 15.6 Å². The van der Waals surface area contributed by atoms with E-state index in [1.807, 2.05) is 26.0 Å². The summed E-state index contributed by atoms with van der Waals surface area (Å²) in [5.41, 5.74) is 11.3. The second-order valence-corrected chi connectivity index (χ2v) is 13.0. The number of esters is 1. The van der Waals surface area contributed by atoms with E-state index in [1.165, 1.54) is 36.2 Å². The van der Waals surface area contributed by atoms with Crippen molar-refractivity contribution in [2.75, 3.05) is 6.54 Å². The Kier molecular flexibility index (Phi) is 15.1. The van der Waals surface area contributed by atoms with Crippen molar-refractivity contribution in [3.8, 4) is 11.5 Å². The van der Waals surface area contributed by atoms with Gasteiger partial charge in [-0.3, -0.25) is 4.79 Å². The number of nitrogens with one attached hydrogen (secondary N) is 2. The summed E-state index contributed by atoms with van der Waals surface area (Å²) in [5.74, 6) is -2.82. The van der Waals surface area contributed by atoms with Crippen LogP contribution in [0.2, 0.25) is 0 Å². The van der Waals surface area contributed by atoms with E-state index in [2.05, 4.69) is 34.7 Å². The molecular weight excluding hydrogens is 694 g/mol. The first-order chi connectivity index (χ1) is 25.8. The quantitative estimate of drug-likeness (QED) is 0.0810. The molecule has 1 heterocycles. The molecule has 1 unspecified atom stereocenters. The van der Waals surface area contributed by atoms with E-state index in [0.29, 0.717) is 34.7 Å². The first kappa shape index (κ1) is 41.0. The van der Waals surface area contributed by atoms with Crippen LogP contribution < -0.4 is 16.4 Å². The van der Waals surface area contributed by atoms with Crippen molar-refractivity contribution < 1.29 is 37.4 Å². The molecule has 0 bridgehead atoms. The van der Waals surface area contributed by atoms with Crippen LogP contribution in [0.3, 0.4) is 0 Å². The molecule has 3 atom stereocenters. The highest BCUT2D eigenvalue weighted by atomic mass is 19.1. The third kappa shape index (κ3) is 12.5. The zero-order valence-electron chi connectivity index (χ0n) is 30.8. The average molecular weight is 741 g/mol. The topological polar surface area (TPSA) is 157 Å². The molecule has 1 amide bonds. The van der Waals surface area contributed by atoms with Gasteiger partial charge in [0.2, 0.25) is 5.89 Å². The lowest BCUT2D eigenvalue weighted by atomic mass is 10.0. The normalized spacial score (nSPS) is 12.5. The number of ether oxygens (including phenoxy) is 1. The first-order valence-corrected chi connectivity index (χ1v) is 17.7. The maximum atomic E-state index is 13.7. The molecule has 10 nitrogen and oxygen atoms in total. The number of hydrogen-bond donors (Lipinski definition) is 4. The van der Waals surface area contributed by atoms with Crippen LogP contribution in [0.1, 0.15) is 80.5 Å². The predicted molar refractivity (Wildman–Crippen MR) is 202 cm³/mol. The summed E-state index contributed by atoms with van der Waals surface area (Å²) in [6, 6.07) is 22.2. The fourth-order valence-electron chi connectivity index (χ4n) is 5.53. The Morgan fingerprint density at radius 2 is 1.59 bits per heavy atom. The highest BCUT2D eigenvalue weighted by Gasteiger charge is 2.24. The maximum Gasteiger partial charge on any atom is 0.338 e. The number of carbonyl (C=O) groups excluding carboxylic acids is 2. The van der Waals surface area contributed by atoms with Gasteiger partial charge in [0, 0.05) is 42.4 Å². The number of amides is 1. The summed E-state index contributed by atoms with van der Waals surface area (Å²) in [4.78, 5) is 39.9. The summed E-state index contributed by atoms with van der Waals surface area (Å²) in [7, 11) is 0. The second-order valence-electron chi connectivity index (χ2n) is 13.0. The van der Waals surface area contributed by atoms with Crippen LogP contribution in [-0.2, 0) is 24.1 Å². The van der Waals surface area contributed by atoms with Crippen molar-refractivity contribution >= 4 is 17.8 Å². The van der Waals surface area contributed by atoms with Crippen LogP contribution in [0.5, 0.6) is 0 Å². The Morgan fingerprint density at radius 3 is 2.26 bits per heavy atom. The Labute approximate surface area is 313 Å². The number of halogens is 2. The molecule has 54 heavy (non-hydrogen) atoms. The Bertz CT molecular complexity index is 2000. The SMILES string of the molecule is CCC(C)NC(=O)c1cc(C)cc(C(=O)O)c1.CCc1cccc(CNC[C@@H](OC(=O)c2cccc(-c3ncco3)c2)[C@@H](N)Cc2cc(F)cc(F)c2)c1. The van der Waals surface area contributed by atoms with E-state index in [1.54, 1.807) is 43.3 Å². The molecule has 12 heteroatoms. The number of nitrogens with two attached hydrogens (primary N) is 1. The van der Waals surface area contributed by atoms with Crippen LogP contribution >= 0.6 is 0 Å². The smallest absolute Gasteiger partial charge is 0.338 e. The first-order valence-electron chi connectivity index (χ1n) is 17.7. The second kappa shape index (κ2) is 19.9. The number of aromatic nitrogens is 1. The summed E-state index contributed by atoms with van der Waals surface area (Å²) in [6.07, 6.45) is 4.09. The summed E-state index contributed by atoms with van der Waals surface area (Å²) in [5, 5.41) is 15.0. The van der Waals surface area contributed by atoms with Gasteiger partial charge in [-0.25, -0.2) is 23.4 Å². The van der Waals surface area contributed by atoms with Crippen molar-refractivity contribution in [2.45, 2.75) is 71.7 Å². The minimum Gasteiger partial charge on any atom is -0.478 e. The maximum absolute atomic E-state index is 13.7. The van der Waals surface area contributed by atoms with Gasteiger partial charge in [-0.15, -0.1) is 0 Å². The molecule has 1 aromatic heterocycles. The number of aromatic carboxylic acids is 1. The standard InChI is InChI=1S/C29H29F2N3O3.C13H17NO3/c1-2-19-5-3-6-20(11-19)17-33-18-27(26(32)14-21-12-24(30)16-25(31)13-21)37-29(35)23-8-4-7-22(15-23)28-34-9-10-36-28;1-4-9(3)14-12(15)10-5-8(2)6-11(7-10)13(16)17/h3-13,15-16,26-27,33H,2,14,17-18,32H2,1H3;5-7,9H,4H2,1-3H3,(H,14,15)(H,16,17)/t26-,27+;/m0./s1. The van der Waals surface area contributed by atoms with Crippen molar-refractivity contribution in [1.29, 1.82) is 0 Å². The number of carboxylic acids is 1. The van der Waals surface area contributed by atoms with Crippen LogP contribution in [0.15, 0.2) is 102 Å². The predicted octanol–water partition coefficient (Wildman–Crippen LogP) is 7.29. The molecule has 0 saturated carbocycles. The molecule has 284 valence electrons. The Morgan fingerprint density at radius 1 is 0.889 bits per heavy atom. The van der Waals surface area contributed by atoms with Crippen LogP contribution in [-0.4, -0.2) is 52.7 Å². The van der Waals surface area contributed by atoms with E-state index in [0.717, 1.165) is 30.0 Å². The van der Waals surface area contributed by atoms with Crippen LogP contribution in [0, 0.1) is 18.6 Å². The molecule has 5 aromatic rings. The molecule has 0 radical (unpaired) electrons. The zero-order chi connectivity index (χ0) is 39.2. The van der Waals surface area contributed by atoms with E-state index in [-0.39, 0.29) is 30.5 Å². The number of nitrogens with zero attached hydrogens (tertiary/aromatic N) is 1. The van der Waals surface area contributed by atoms with E-state index >= 15 is 0 Å². The van der Waals surface area contributed by atoms with Crippen molar-refractivity contribution in [2.24, 2.45) is 5.73 Å². The molecule has 0 aliphatic heterocycles. The van der Waals surface area contributed by atoms with E-state index in [4.69, 9.17) is 20.0 Å². The molecule has 0 aliphatic rings. The highest BCUT2D eigenvalue weighted by molar-refractivity contribution is 5.98. The molecule has 5 N–H and O–H groups in total. The van der Waals surface area contributed by atoms with Gasteiger partial charge in [0.05, 0.1) is 17.3 Å². The van der Waals surface area contributed by atoms with Gasteiger partial charge in [0.15, 0.2) is 0 Å². The molecule has 4 aromatic carbocycles. The number of rotatable bonds is 15. The number of benzene rings is 4. The van der Waals surface area contributed by atoms with Gasteiger partial charge in [-0.1, -0.05) is 44.2 Å². The largest absolute Gasteiger partial charge is 0.478 e. The zero-order valence-corrected chi connectivity index (χ0v) is 30.8. The fourth-order valence-corrected chi connectivity index (χ4v) is 5.53.